The smallest absolute Gasteiger partial charge is 0.185 e. The molecule has 0 amide bonds. The quantitative estimate of drug-likeness (QED) is 0.807. The summed E-state index contributed by atoms with van der Waals surface area (Å²) in [6.07, 6.45) is 8.59. The summed E-state index contributed by atoms with van der Waals surface area (Å²) < 4.78 is 0. The van der Waals surface area contributed by atoms with Crippen LogP contribution in [0.1, 0.15) is 50.8 Å². The average molecular weight is 281 g/mol. The summed E-state index contributed by atoms with van der Waals surface area (Å²) in [5.41, 5.74) is 0. The number of thiazole rings is 1. The van der Waals surface area contributed by atoms with Crippen molar-refractivity contribution in [3.05, 3.63) is 11.1 Å². The summed E-state index contributed by atoms with van der Waals surface area (Å²) in [4.78, 5) is 8.34. The zero-order valence-corrected chi connectivity index (χ0v) is 13.3. The van der Waals surface area contributed by atoms with E-state index in [4.69, 9.17) is 0 Å². The van der Waals surface area contributed by atoms with Crippen molar-refractivity contribution in [3.63, 3.8) is 0 Å². The average Bonchev–Trinajstić information content (AvgIpc) is 2.88. The van der Waals surface area contributed by atoms with Crippen LogP contribution in [0.5, 0.6) is 0 Å². The van der Waals surface area contributed by atoms with E-state index in [0.29, 0.717) is 6.04 Å². The van der Waals surface area contributed by atoms with E-state index >= 15 is 0 Å². The van der Waals surface area contributed by atoms with Crippen LogP contribution in [0.25, 0.3) is 0 Å². The van der Waals surface area contributed by atoms with Gasteiger partial charge in [-0.3, -0.25) is 0 Å². The number of aromatic nitrogens is 1. The zero-order chi connectivity index (χ0) is 13.7. The molecule has 0 aliphatic heterocycles. The molecule has 1 fully saturated rings. The van der Waals surface area contributed by atoms with Gasteiger partial charge in [-0.15, -0.1) is 11.3 Å². The summed E-state index contributed by atoms with van der Waals surface area (Å²) >= 11 is 1.84. The van der Waals surface area contributed by atoms with Gasteiger partial charge in [0, 0.05) is 30.7 Å². The maximum Gasteiger partial charge on any atom is 0.185 e. The Bertz CT molecular complexity index is 369. The van der Waals surface area contributed by atoms with Gasteiger partial charge in [-0.25, -0.2) is 4.98 Å². The Morgan fingerprint density at radius 1 is 1.37 bits per heavy atom. The van der Waals surface area contributed by atoms with Gasteiger partial charge in [0.2, 0.25) is 0 Å². The molecule has 0 bridgehead atoms. The van der Waals surface area contributed by atoms with Gasteiger partial charge in [0.25, 0.3) is 0 Å². The van der Waals surface area contributed by atoms with Crippen LogP contribution in [0.3, 0.4) is 0 Å². The lowest BCUT2D eigenvalue weighted by Crippen LogP contribution is -2.34. The maximum absolute atomic E-state index is 4.59. The number of hydrogen-bond acceptors (Lipinski definition) is 4. The van der Waals surface area contributed by atoms with Gasteiger partial charge in [-0.05, 0) is 44.6 Å². The van der Waals surface area contributed by atoms with Gasteiger partial charge in [0.05, 0.1) is 0 Å². The molecule has 0 unspecified atom stereocenters. The molecule has 1 aromatic rings. The van der Waals surface area contributed by atoms with Crippen LogP contribution in [-0.2, 0) is 6.54 Å². The van der Waals surface area contributed by atoms with Gasteiger partial charge < -0.3 is 10.2 Å². The van der Waals surface area contributed by atoms with Gasteiger partial charge in [-0.1, -0.05) is 13.8 Å². The standard InChI is InChI=1S/C15H27N3S/c1-4-9-16-10-14-11-17-15(19-14)18(3)13-7-5-12(2)6-8-13/h11-13,16H,4-10H2,1-3H3. The summed E-state index contributed by atoms with van der Waals surface area (Å²) in [5, 5.41) is 4.63. The van der Waals surface area contributed by atoms with Crippen molar-refractivity contribution in [1.29, 1.82) is 0 Å². The molecule has 1 saturated carbocycles. The van der Waals surface area contributed by atoms with Gasteiger partial charge in [-0.2, -0.15) is 0 Å². The Kier molecular flexibility index (Phi) is 5.64. The van der Waals surface area contributed by atoms with E-state index < -0.39 is 0 Å². The molecule has 1 aromatic heterocycles. The van der Waals surface area contributed by atoms with Crippen molar-refractivity contribution in [3.8, 4) is 0 Å². The number of nitrogens with zero attached hydrogens (tertiary/aromatic N) is 2. The highest BCUT2D eigenvalue weighted by atomic mass is 32.1. The molecule has 1 N–H and O–H groups in total. The summed E-state index contributed by atoms with van der Waals surface area (Å²) in [6, 6.07) is 0.693. The van der Waals surface area contributed by atoms with Gasteiger partial charge in [0.15, 0.2) is 5.13 Å². The van der Waals surface area contributed by atoms with Crippen LogP contribution in [0, 0.1) is 5.92 Å². The Balaban J connectivity index is 1.86. The molecule has 1 aliphatic carbocycles. The van der Waals surface area contributed by atoms with Crippen LogP contribution in [0.4, 0.5) is 5.13 Å². The molecule has 2 rings (SSSR count). The third kappa shape index (κ3) is 4.18. The molecular formula is C15H27N3S. The first-order valence-corrected chi connectivity index (χ1v) is 8.40. The van der Waals surface area contributed by atoms with Crippen LogP contribution in [-0.4, -0.2) is 24.6 Å². The van der Waals surface area contributed by atoms with E-state index in [1.807, 2.05) is 17.5 Å². The van der Waals surface area contributed by atoms with Crippen molar-refractivity contribution in [2.75, 3.05) is 18.5 Å². The van der Waals surface area contributed by atoms with Crippen molar-refractivity contribution >= 4 is 16.5 Å². The Morgan fingerprint density at radius 3 is 2.79 bits per heavy atom. The minimum absolute atomic E-state index is 0.693. The number of anilines is 1. The molecule has 4 heteroatoms. The zero-order valence-electron chi connectivity index (χ0n) is 12.5. The lowest BCUT2D eigenvalue weighted by atomic mass is 9.87. The second-order valence-corrected chi connectivity index (χ2v) is 6.90. The Hall–Kier alpha value is -0.610. The van der Waals surface area contributed by atoms with E-state index in [2.05, 4.69) is 36.1 Å². The fraction of sp³-hybridized carbons (Fsp3) is 0.800. The Morgan fingerprint density at radius 2 is 2.11 bits per heavy atom. The third-order valence-corrected chi connectivity index (χ3v) is 5.19. The maximum atomic E-state index is 4.59. The molecule has 1 heterocycles. The van der Waals surface area contributed by atoms with E-state index in [0.717, 1.165) is 19.0 Å². The molecular weight excluding hydrogens is 254 g/mol. The normalized spacial score (nSPS) is 23.5. The first kappa shape index (κ1) is 14.8. The highest BCUT2D eigenvalue weighted by molar-refractivity contribution is 7.15. The van der Waals surface area contributed by atoms with Crippen LogP contribution >= 0.6 is 11.3 Å². The predicted octanol–water partition coefficient (Wildman–Crippen LogP) is 3.66. The SMILES string of the molecule is CCCNCc1cnc(N(C)C2CCC(C)CC2)s1. The summed E-state index contributed by atoms with van der Waals surface area (Å²) in [7, 11) is 2.21. The number of hydrogen-bond donors (Lipinski definition) is 1. The van der Waals surface area contributed by atoms with Crippen LogP contribution < -0.4 is 10.2 Å². The van der Waals surface area contributed by atoms with Crippen LogP contribution in [0.15, 0.2) is 6.20 Å². The highest BCUT2D eigenvalue weighted by Gasteiger charge is 2.23. The van der Waals surface area contributed by atoms with E-state index in [1.165, 1.54) is 42.1 Å². The largest absolute Gasteiger partial charge is 0.348 e. The fourth-order valence-corrected chi connectivity index (χ4v) is 3.63. The molecule has 19 heavy (non-hydrogen) atoms. The Labute approximate surface area is 121 Å². The highest BCUT2D eigenvalue weighted by Crippen LogP contribution is 2.31. The number of rotatable bonds is 6. The van der Waals surface area contributed by atoms with Crippen molar-refractivity contribution < 1.29 is 0 Å². The van der Waals surface area contributed by atoms with Gasteiger partial charge in [0.1, 0.15) is 0 Å². The minimum atomic E-state index is 0.693. The first-order valence-electron chi connectivity index (χ1n) is 7.59. The second kappa shape index (κ2) is 7.25. The number of nitrogens with one attached hydrogen (secondary N) is 1. The third-order valence-electron chi connectivity index (χ3n) is 4.10. The van der Waals surface area contributed by atoms with Gasteiger partial charge >= 0.3 is 0 Å². The van der Waals surface area contributed by atoms with E-state index in [1.54, 1.807) is 0 Å². The molecule has 1 aliphatic rings. The minimum Gasteiger partial charge on any atom is -0.348 e. The molecule has 0 spiro atoms. The molecule has 0 saturated heterocycles. The topological polar surface area (TPSA) is 28.2 Å². The predicted molar refractivity (Wildman–Crippen MR) is 83.9 cm³/mol. The van der Waals surface area contributed by atoms with E-state index in [9.17, 15) is 0 Å². The van der Waals surface area contributed by atoms with Crippen molar-refractivity contribution in [1.82, 2.24) is 10.3 Å². The summed E-state index contributed by atoms with van der Waals surface area (Å²) in [6.45, 7) is 6.62. The molecule has 3 nitrogen and oxygen atoms in total. The second-order valence-electron chi connectivity index (χ2n) is 5.81. The molecule has 108 valence electrons. The lowest BCUT2D eigenvalue weighted by molar-refractivity contribution is 0.340. The molecule has 0 aromatic carbocycles. The molecule has 0 radical (unpaired) electrons. The van der Waals surface area contributed by atoms with E-state index in [-0.39, 0.29) is 0 Å². The molecule has 0 atom stereocenters. The monoisotopic (exact) mass is 281 g/mol. The first-order chi connectivity index (χ1) is 9.20. The lowest BCUT2D eigenvalue weighted by Gasteiger charge is -2.33. The van der Waals surface area contributed by atoms with Crippen molar-refractivity contribution in [2.45, 2.75) is 58.5 Å². The van der Waals surface area contributed by atoms with Crippen LogP contribution in [0.2, 0.25) is 0 Å². The summed E-state index contributed by atoms with van der Waals surface area (Å²) in [5.74, 6) is 0.912. The fourth-order valence-electron chi connectivity index (χ4n) is 2.72. The van der Waals surface area contributed by atoms with Crippen molar-refractivity contribution in [2.24, 2.45) is 5.92 Å².